The van der Waals surface area contributed by atoms with Gasteiger partial charge in [-0.1, -0.05) is 0 Å². The van der Waals surface area contributed by atoms with Crippen molar-refractivity contribution in [2.24, 2.45) is 0 Å². The van der Waals surface area contributed by atoms with Crippen molar-refractivity contribution in [2.45, 2.75) is 19.1 Å². The highest BCUT2D eigenvalue weighted by Crippen LogP contribution is 2.33. The highest BCUT2D eigenvalue weighted by Gasteiger charge is 2.30. The van der Waals surface area contributed by atoms with Gasteiger partial charge in [0.15, 0.2) is 0 Å². The molecule has 0 bridgehead atoms. The third kappa shape index (κ3) is 3.10. The van der Waals surface area contributed by atoms with Crippen molar-refractivity contribution < 1.29 is 9.53 Å². The van der Waals surface area contributed by atoms with E-state index >= 15 is 0 Å². The lowest BCUT2D eigenvalue weighted by molar-refractivity contribution is -0.0370. The van der Waals surface area contributed by atoms with E-state index in [9.17, 15) is 4.79 Å². The van der Waals surface area contributed by atoms with Gasteiger partial charge in [0.2, 0.25) is 0 Å². The summed E-state index contributed by atoms with van der Waals surface area (Å²) in [6, 6.07) is 1.92. The van der Waals surface area contributed by atoms with Crippen LogP contribution >= 0.6 is 54.8 Å². The monoisotopic (exact) mass is 415 g/mol. The number of alkyl halides is 1. The smallest absolute Gasteiger partial charge is 0.264 e. The molecule has 1 aliphatic heterocycles. The second kappa shape index (κ2) is 6.22. The summed E-state index contributed by atoms with van der Waals surface area (Å²) in [5, 5.41) is 0. The molecule has 0 saturated carbocycles. The van der Waals surface area contributed by atoms with Gasteiger partial charge in [0, 0.05) is 11.0 Å². The van der Waals surface area contributed by atoms with Gasteiger partial charge in [-0.2, -0.15) is 0 Å². The highest BCUT2D eigenvalue weighted by atomic mass is 79.9. The lowest BCUT2D eigenvalue weighted by Crippen LogP contribution is -2.51. The maximum atomic E-state index is 12.4. The van der Waals surface area contributed by atoms with Gasteiger partial charge in [-0.15, -0.1) is 22.9 Å². The molecular formula is C11H12Br2ClNO2S. The van der Waals surface area contributed by atoms with Crippen LogP contribution in [0, 0.1) is 0 Å². The van der Waals surface area contributed by atoms with Gasteiger partial charge in [-0.3, -0.25) is 4.79 Å². The minimum atomic E-state index is -0.0707. The molecule has 0 N–H and O–H groups in total. The number of hydrogen-bond acceptors (Lipinski definition) is 3. The number of thiophene rings is 1. The molecule has 1 aromatic rings. The van der Waals surface area contributed by atoms with E-state index in [1.807, 2.05) is 17.9 Å². The van der Waals surface area contributed by atoms with Crippen LogP contribution in [0.15, 0.2) is 14.3 Å². The van der Waals surface area contributed by atoms with Gasteiger partial charge in [-0.05, 0) is 44.8 Å². The number of hydrogen-bond donors (Lipinski definition) is 0. The molecule has 18 heavy (non-hydrogen) atoms. The molecule has 2 heterocycles. The third-order valence-electron chi connectivity index (χ3n) is 2.79. The molecular weight excluding hydrogens is 405 g/mol. The maximum absolute atomic E-state index is 12.4. The van der Waals surface area contributed by atoms with E-state index in [1.54, 1.807) is 0 Å². The van der Waals surface area contributed by atoms with Crippen molar-refractivity contribution in [1.29, 1.82) is 0 Å². The van der Waals surface area contributed by atoms with Crippen LogP contribution in [0.25, 0.3) is 0 Å². The van der Waals surface area contributed by atoms with E-state index < -0.39 is 0 Å². The van der Waals surface area contributed by atoms with Crippen molar-refractivity contribution in [3.8, 4) is 0 Å². The standard InChI is InChI=1S/C11H12Br2ClNO2S/c1-6-5-17-7(3-14)4-15(6)11(16)9-2-8(12)10(13)18-9/h2,6-7H,3-5H2,1H3. The van der Waals surface area contributed by atoms with Gasteiger partial charge in [0.1, 0.15) is 0 Å². The molecule has 0 aliphatic carbocycles. The fourth-order valence-corrected chi connectivity index (χ4v) is 3.97. The number of ether oxygens (including phenoxy) is 1. The first-order valence-electron chi connectivity index (χ1n) is 5.46. The Morgan fingerprint density at radius 1 is 1.67 bits per heavy atom. The summed E-state index contributed by atoms with van der Waals surface area (Å²) in [6.07, 6.45) is -0.0707. The molecule has 1 aliphatic rings. The second-order valence-corrected chi connectivity index (χ2v) is 7.68. The Labute approximate surface area is 132 Å². The minimum Gasteiger partial charge on any atom is -0.373 e. The Balaban J connectivity index is 2.16. The Hall–Kier alpha value is 0.380. The van der Waals surface area contributed by atoms with Crippen LogP contribution in [0.2, 0.25) is 0 Å². The lowest BCUT2D eigenvalue weighted by Gasteiger charge is -2.37. The second-order valence-electron chi connectivity index (χ2n) is 4.15. The minimum absolute atomic E-state index is 0.0392. The number of carbonyl (C=O) groups is 1. The molecule has 2 atom stereocenters. The molecule has 100 valence electrons. The first-order chi connectivity index (χ1) is 8.52. The molecule has 1 aromatic heterocycles. The van der Waals surface area contributed by atoms with Crippen molar-refractivity contribution >= 4 is 60.7 Å². The summed E-state index contributed by atoms with van der Waals surface area (Å²) < 4.78 is 7.38. The summed E-state index contributed by atoms with van der Waals surface area (Å²) in [5.41, 5.74) is 0. The van der Waals surface area contributed by atoms with Crippen LogP contribution in [0.5, 0.6) is 0 Å². The molecule has 1 saturated heterocycles. The molecule has 1 fully saturated rings. The van der Waals surface area contributed by atoms with Crippen molar-refractivity contribution in [3.05, 3.63) is 19.2 Å². The van der Waals surface area contributed by atoms with Crippen LogP contribution in [0.4, 0.5) is 0 Å². The van der Waals surface area contributed by atoms with Crippen LogP contribution < -0.4 is 0 Å². The Morgan fingerprint density at radius 3 is 2.94 bits per heavy atom. The first kappa shape index (κ1) is 14.8. The molecule has 2 rings (SSSR count). The molecule has 0 radical (unpaired) electrons. The van der Waals surface area contributed by atoms with Gasteiger partial charge >= 0.3 is 0 Å². The zero-order valence-electron chi connectivity index (χ0n) is 9.66. The number of morpholine rings is 1. The number of rotatable bonds is 2. The topological polar surface area (TPSA) is 29.5 Å². The average Bonchev–Trinajstić information content (AvgIpc) is 2.69. The fourth-order valence-electron chi connectivity index (χ4n) is 1.79. The predicted molar refractivity (Wildman–Crippen MR) is 80.7 cm³/mol. The van der Waals surface area contributed by atoms with Crippen molar-refractivity contribution in [1.82, 2.24) is 4.90 Å². The van der Waals surface area contributed by atoms with Gasteiger partial charge in [0.05, 0.1) is 33.3 Å². The van der Waals surface area contributed by atoms with E-state index in [0.29, 0.717) is 19.0 Å². The van der Waals surface area contributed by atoms with Crippen LogP contribution in [-0.2, 0) is 4.74 Å². The summed E-state index contributed by atoms with van der Waals surface area (Å²) in [5.74, 6) is 0.450. The number of nitrogens with zero attached hydrogens (tertiary/aromatic N) is 1. The van der Waals surface area contributed by atoms with Crippen LogP contribution in [-0.4, -0.2) is 42.0 Å². The van der Waals surface area contributed by atoms with E-state index in [1.165, 1.54) is 11.3 Å². The predicted octanol–water partition coefficient (Wildman–Crippen LogP) is 3.74. The van der Waals surface area contributed by atoms with E-state index in [-0.39, 0.29) is 18.1 Å². The Morgan fingerprint density at radius 2 is 2.39 bits per heavy atom. The molecule has 7 heteroatoms. The van der Waals surface area contributed by atoms with E-state index in [2.05, 4.69) is 31.9 Å². The quantitative estimate of drug-likeness (QED) is 0.686. The number of amides is 1. The van der Waals surface area contributed by atoms with Crippen LogP contribution in [0.1, 0.15) is 16.6 Å². The van der Waals surface area contributed by atoms with Gasteiger partial charge in [0.25, 0.3) is 5.91 Å². The zero-order valence-corrected chi connectivity index (χ0v) is 14.4. The highest BCUT2D eigenvalue weighted by molar-refractivity contribution is 9.13. The molecule has 1 amide bonds. The third-order valence-corrected chi connectivity index (χ3v) is 6.38. The number of halogens is 3. The van der Waals surface area contributed by atoms with Crippen molar-refractivity contribution in [3.63, 3.8) is 0 Å². The lowest BCUT2D eigenvalue weighted by atomic mass is 10.2. The summed E-state index contributed by atoms with van der Waals surface area (Å²) in [4.78, 5) is 15.0. The normalized spacial score (nSPS) is 24.3. The SMILES string of the molecule is CC1COC(CCl)CN1C(=O)c1cc(Br)c(Br)s1. The van der Waals surface area contributed by atoms with Crippen molar-refractivity contribution in [2.75, 3.05) is 19.0 Å². The fraction of sp³-hybridized carbons (Fsp3) is 0.545. The summed E-state index contributed by atoms with van der Waals surface area (Å²) >= 11 is 14.0. The first-order valence-corrected chi connectivity index (χ1v) is 8.40. The maximum Gasteiger partial charge on any atom is 0.264 e. The molecule has 0 spiro atoms. The van der Waals surface area contributed by atoms with Crippen LogP contribution in [0.3, 0.4) is 0 Å². The van der Waals surface area contributed by atoms with E-state index in [0.717, 1.165) is 13.1 Å². The largest absolute Gasteiger partial charge is 0.373 e. The Kier molecular flexibility index (Phi) is 5.11. The molecule has 0 aromatic carbocycles. The summed E-state index contributed by atoms with van der Waals surface area (Å²) in [6.45, 7) is 3.08. The molecule has 3 nitrogen and oxygen atoms in total. The zero-order chi connectivity index (χ0) is 13.3. The Bertz CT molecular complexity index is 435. The summed E-state index contributed by atoms with van der Waals surface area (Å²) in [7, 11) is 0. The average molecular weight is 418 g/mol. The van der Waals surface area contributed by atoms with Gasteiger partial charge < -0.3 is 9.64 Å². The van der Waals surface area contributed by atoms with E-state index in [4.69, 9.17) is 16.3 Å². The molecule has 2 unspecified atom stereocenters. The number of carbonyl (C=O) groups excluding carboxylic acids is 1. The van der Waals surface area contributed by atoms with Gasteiger partial charge in [-0.25, -0.2) is 0 Å².